The molecule has 32 heavy (non-hydrogen) atoms. The second-order valence-electron chi connectivity index (χ2n) is 9.49. The zero-order valence-electron chi connectivity index (χ0n) is 19.4. The lowest BCUT2D eigenvalue weighted by Gasteiger charge is -2.38. The van der Waals surface area contributed by atoms with Gasteiger partial charge in [0.1, 0.15) is 11.9 Å². The van der Waals surface area contributed by atoms with E-state index < -0.39 is 0 Å². The van der Waals surface area contributed by atoms with Gasteiger partial charge in [-0.1, -0.05) is 39.0 Å². The van der Waals surface area contributed by atoms with E-state index in [1.54, 1.807) is 6.20 Å². The molecule has 8 heteroatoms. The standard InChI is InChI=1S/C24H33N7O/c1-24(2,3)17-27-22-19(16-26-20(15-25)28-22)14-21(31-12-10-30(4)11-13-31)29-23(32)18-8-6-5-7-9-18/h5-9,16,21H,10-14,17H2,1-4H3,(H,29,32)(H,26,27,28). The zero-order chi connectivity index (χ0) is 23.1. The molecule has 2 heterocycles. The summed E-state index contributed by atoms with van der Waals surface area (Å²) in [7, 11) is 2.11. The van der Waals surface area contributed by atoms with Gasteiger partial charge in [0.15, 0.2) is 0 Å². The van der Waals surface area contributed by atoms with Crippen molar-refractivity contribution in [3.8, 4) is 6.07 Å². The summed E-state index contributed by atoms with van der Waals surface area (Å²) >= 11 is 0. The largest absolute Gasteiger partial charge is 0.369 e. The second kappa shape index (κ2) is 10.5. The van der Waals surface area contributed by atoms with Gasteiger partial charge in [0.25, 0.3) is 5.91 Å². The lowest BCUT2D eigenvalue weighted by atomic mass is 9.97. The summed E-state index contributed by atoms with van der Waals surface area (Å²) in [4.78, 5) is 26.2. The molecule has 2 aromatic rings. The van der Waals surface area contributed by atoms with Crippen molar-refractivity contribution in [1.29, 1.82) is 5.26 Å². The highest BCUT2D eigenvalue weighted by molar-refractivity contribution is 5.94. The smallest absolute Gasteiger partial charge is 0.252 e. The molecule has 1 atom stereocenters. The zero-order valence-corrected chi connectivity index (χ0v) is 19.4. The van der Waals surface area contributed by atoms with Gasteiger partial charge in [0.05, 0.1) is 6.17 Å². The number of anilines is 1. The number of hydrogen-bond acceptors (Lipinski definition) is 7. The van der Waals surface area contributed by atoms with E-state index in [0.29, 0.717) is 24.3 Å². The van der Waals surface area contributed by atoms with Crippen LogP contribution >= 0.6 is 0 Å². The Hall–Kier alpha value is -3.02. The predicted octanol–water partition coefficient (Wildman–Crippen LogP) is 2.35. The molecule has 1 fully saturated rings. The molecule has 1 aliphatic rings. The van der Waals surface area contributed by atoms with Gasteiger partial charge >= 0.3 is 0 Å². The Kier molecular flexibility index (Phi) is 7.78. The normalized spacial score (nSPS) is 16.2. The van der Waals surface area contributed by atoms with E-state index in [-0.39, 0.29) is 23.3 Å². The van der Waals surface area contributed by atoms with Crippen LogP contribution in [0, 0.1) is 16.7 Å². The molecule has 1 aromatic heterocycles. The molecule has 1 saturated heterocycles. The molecule has 0 saturated carbocycles. The Bertz CT molecular complexity index is 941. The summed E-state index contributed by atoms with van der Waals surface area (Å²) in [6.07, 6.45) is 2.04. The fourth-order valence-electron chi connectivity index (χ4n) is 3.55. The van der Waals surface area contributed by atoms with Crippen molar-refractivity contribution >= 4 is 11.7 Å². The molecule has 0 bridgehead atoms. The molecule has 3 rings (SSSR count). The lowest BCUT2D eigenvalue weighted by Crippen LogP contribution is -2.56. The maximum Gasteiger partial charge on any atom is 0.252 e. The molecule has 1 aliphatic heterocycles. The van der Waals surface area contributed by atoms with E-state index in [9.17, 15) is 10.1 Å². The number of nitrogens with one attached hydrogen (secondary N) is 2. The number of amides is 1. The lowest BCUT2D eigenvalue weighted by molar-refractivity contribution is 0.0722. The van der Waals surface area contributed by atoms with Gasteiger partial charge in [0.2, 0.25) is 5.82 Å². The molecule has 0 radical (unpaired) electrons. The molecular formula is C24H33N7O. The van der Waals surface area contributed by atoms with Crippen molar-refractivity contribution in [3.63, 3.8) is 0 Å². The number of hydrogen-bond donors (Lipinski definition) is 2. The summed E-state index contributed by atoms with van der Waals surface area (Å²) in [5.74, 6) is 0.683. The number of piperazine rings is 1. The van der Waals surface area contributed by atoms with Crippen LogP contribution in [0.1, 0.15) is 42.5 Å². The highest BCUT2D eigenvalue weighted by Crippen LogP contribution is 2.20. The number of nitriles is 1. The summed E-state index contributed by atoms with van der Waals surface area (Å²) in [6.45, 7) is 10.7. The summed E-state index contributed by atoms with van der Waals surface area (Å²) in [5, 5.41) is 15.9. The van der Waals surface area contributed by atoms with Crippen molar-refractivity contribution in [3.05, 3.63) is 53.5 Å². The van der Waals surface area contributed by atoms with Gasteiger partial charge in [-0.15, -0.1) is 0 Å². The molecule has 8 nitrogen and oxygen atoms in total. The predicted molar refractivity (Wildman–Crippen MR) is 125 cm³/mol. The topological polar surface area (TPSA) is 97.2 Å². The van der Waals surface area contributed by atoms with Crippen LogP contribution in [0.3, 0.4) is 0 Å². The number of rotatable bonds is 7. The van der Waals surface area contributed by atoms with Crippen molar-refractivity contribution in [1.82, 2.24) is 25.1 Å². The van der Waals surface area contributed by atoms with Crippen molar-refractivity contribution in [2.24, 2.45) is 5.41 Å². The third kappa shape index (κ3) is 6.74. The molecule has 2 N–H and O–H groups in total. The Morgan fingerprint density at radius 2 is 1.88 bits per heavy atom. The monoisotopic (exact) mass is 435 g/mol. The van der Waals surface area contributed by atoms with Crippen LogP contribution in [-0.2, 0) is 6.42 Å². The quantitative estimate of drug-likeness (QED) is 0.689. The van der Waals surface area contributed by atoms with E-state index in [4.69, 9.17) is 0 Å². The van der Waals surface area contributed by atoms with Crippen LogP contribution in [0.2, 0.25) is 0 Å². The minimum absolute atomic E-state index is 0.0490. The van der Waals surface area contributed by atoms with Crippen LogP contribution in [-0.4, -0.2) is 71.6 Å². The number of carbonyl (C=O) groups excluding carboxylic acids is 1. The average molecular weight is 436 g/mol. The first-order chi connectivity index (χ1) is 15.2. The molecular weight excluding hydrogens is 402 g/mol. The highest BCUT2D eigenvalue weighted by atomic mass is 16.1. The molecule has 170 valence electrons. The SMILES string of the molecule is CN1CCN(C(Cc2cnc(C#N)nc2NCC(C)(C)C)NC(=O)c2ccccc2)CC1. The first kappa shape index (κ1) is 23.6. The van der Waals surface area contributed by atoms with Crippen molar-refractivity contribution in [2.75, 3.05) is 45.1 Å². The molecule has 1 unspecified atom stereocenters. The average Bonchev–Trinajstić information content (AvgIpc) is 2.78. The number of likely N-dealkylation sites (N-methyl/N-ethyl adjacent to an activating group) is 1. The van der Waals surface area contributed by atoms with Crippen molar-refractivity contribution in [2.45, 2.75) is 33.4 Å². The highest BCUT2D eigenvalue weighted by Gasteiger charge is 2.26. The first-order valence-electron chi connectivity index (χ1n) is 11.0. The fraction of sp³-hybridized carbons (Fsp3) is 0.500. The number of carbonyl (C=O) groups is 1. The Balaban J connectivity index is 1.85. The van der Waals surface area contributed by atoms with Crippen LogP contribution in [0.5, 0.6) is 0 Å². The van der Waals surface area contributed by atoms with E-state index in [2.05, 4.69) is 58.2 Å². The number of nitrogens with zero attached hydrogens (tertiary/aromatic N) is 5. The maximum atomic E-state index is 13.0. The van der Waals surface area contributed by atoms with Gasteiger partial charge in [-0.3, -0.25) is 9.69 Å². The van der Waals surface area contributed by atoms with Gasteiger partial charge in [-0.25, -0.2) is 9.97 Å². The Labute approximate surface area is 190 Å². The first-order valence-corrected chi connectivity index (χ1v) is 11.0. The molecule has 1 aromatic carbocycles. The van der Waals surface area contributed by atoms with Crippen molar-refractivity contribution < 1.29 is 4.79 Å². The summed E-state index contributed by atoms with van der Waals surface area (Å²) < 4.78 is 0. The van der Waals surface area contributed by atoms with Crippen LogP contribution in [0.4, 0.5) is 5.82 Å². The Morgan fingerprint density at radius 1 is 1.19 bits per heavy atom. The minimum atomic E-state index is -0.205. The Morgan fingerprint density at radius 3 is 2.50 bits per heavy atom. The van der Waals surface area contributed by atoms with Crippen LogP contribution < -0.4 is 10.6 Å². The maximum absolute atomic E-state index is 13.0. The van der Waals surface area contributed by atoms with Gasteiger partial charge in [-0.2, -0.15) is 5.26 Å². The van der Waals surface area contributed by atoms with Gasteiger partial charge in [0, 0.05) is 56.5 Å². The molecule has 0 aliphatic carbocycles. The minimum Gasteiger partial charge on any atom is -0.369 e. The number of aromatic nitrogens is 2. The second-order valence-corrected chi connectivity index (χ2v) is 9.49. The van der Waals surface area contributed by atoms with Gasteiger partial charge in [-0.05, 0) is 24.6 Å². The third-order valence-corrected chi connectivity index (χ3v) is 5.48. The van der Waals surface area contributed by atoms with E-state index in [1.165, 1.54) is 0 Å². The van der Waals surface area contributed by atoms with E-state index in [0.717, 1.165) is 31.7 Å². The van der Waals surface area contributed by atoms with E-state index in [1.807, 2.05) is 36.4 Å². The van der Waals surface area contributed by atoms with Crippen LogP contribution in [0.15, 0.2) is 36.5 Å². The summed E-state index contributed by atoms with van der Waals surface area (Å²) in [6, 6.07) is 11.3. The third-order valence-electron chi connectivity index (χ3n) is 5.48. The molecule has 0 spiro atoms. The fourth-order valence-corrected chi connectivity index (χ4v) is 3.55. The summed E-state index contributed by atoms with van der Waals surface area (Å²) in [5.41, 5.74) is 1.56. The van der Waals surface area contributed by atoms with Gasteiger partial charge < -0.3 is 15.5 Å². The number of benzene rings is 1. The van der Waals surface area contributed by atoms with E-state index >= 15 is 0 Å². The molecule has 1 amide bonds. The van der Waals surface area contributed by atoms with Crippen LogP contribution in [0.25, 0.3) is 0 Å².